The molecule has 0 bridgehead atoms. The molecule has 1 atom stereocenters. The van der Waals surface area contributed by atoms with Crippen LogP contribution in [0.25, 0.3) is 0 Å². The number of halogens is 1. The second kappa shape index (κ2) is 19.6. The number of quaternary nitrogens is 1. The van der Waals surface area contributed by atoms with Crippen LogP contribution in [0.5, 0.6) is 0 Å². The van der Waals surface area contributed by atoms with Gasteiger partial charge < -0.3 is 5.32 Å². The predicted octanol–water partition coefficient (Wildman–Crippen LogP) is 6.88. The highest BCUT2D eigenvalue weighted by atomic mass is 35.5. The van der Waals surface area contributed by atoms with Crippen LogP contribution in [-0.2, 0) is 4.79 Å². The van der Waals surface area contributed by atoms with Crippen LogP contribution in [0.3, 0.4) is 0 Å². The summed E-state index contributed by atoms with van der Waals surface area (Å²) in [6, 6.07) is 2.04. The molecular weight excluding hydrogens is 358 g/mol. The van der Waals surface area contributed by atoms with Crippen molar-refractivity contribution in [1.82, 2.24) is 9.47 Å². The average molecular weight is 403 g/mol. The highest BCUT2D eigenvalue weighted by Gasteiger charge is 2.32. The first kappa shape index (κ1) is 30.6. The zero-order chi connectivity index (χ0) is 21.9. The van der Waals surface area contributed by atoms with Gasteiger partial charge in [-0.3, -0.25) is 9.28 Å². The molecule has 1 heterocycles. The Morgan fingerprint density at radius 1 is 1.15 bits per heavy atom. The van der Waals surface area contributed by atoms with Crippen molar-refractivity contribution in [2.45, 2.75) is 81.6 Å². The number of nitrogens with zero attached hydrogens (tertiary/aromatic N) is 2. The van der Waals surface area contributed by atoms with Crippen molar-refractivity contribution in [3.63, 3.8) is 0 Å². The lowest BCUT2D eigenvalue weighted by molar-refractivity contribution is -0.108. The number of anilines is 1. The molecule has 5 heteroatoms. The number of rotatable bonds is 8. The molecule has 0 saturated carbocycles. The van der Waals surface area contributed by atoms with E-state index in [2.05, 4.69) is 38.0 Å². The van der Waals surface area contributed by atoms with Gasteiger partial charge >= 0.3 is 0 Å². The Morgan fingerprint density at radius 3 is 2.04 bits per heavy atom. The maximum atomic E-state index is 11.2. The Labute approximate surface area is 174 Å². The van der Waals surface area contributed by atoms with Gasteiger partial charge in [0.05, 0.1) is 13.1 Å². The summed E-state index contributed by atoms with van der Waals surface area (Å²) in [4.78, 5) is 15.5. The second-order valence-electron chi connectivity index (χ2n) is 5.79. The maximum absolute atomic E-state index is 11.2. The Kier molecular flexibility index (Phi) is 22.2. The third kappa shape index (κ3) is 10.7. The van der Waals surface area contributed by atoms with Gasteiger partial charge in [-0.05, 0) is 20.3 Å². The van der Waals surface area contributed by atoms with E-state index in [0.29, 0.717) is 16.2 Å². The monoisotopic (exact) mass is 402 g/mol. The van der Waals surface area contributed by atoms with Crippen LogP contribution in [0.2, 0.25) is 5.15 Å². The number of likely N-dealkylation sites (N-methyl/N-ethyl adjacent to an activating group) is 1. The number of carbonyl (C=O) groups excluding carboxylic acids is 1. The van der Waals surface area contributed by atoms with Crippen LogP contribution < -0.4 is 9.80 Å². The van der Waals surface area contributed by atoms with Crippen LogP contribution in [0.15, 0.2) is 6.07 Å². The van der Waals surface area contributed by atoms with Crippen LogP contribution in [0, 0.1) is 6.92 Å². The molecular formula is C22H45ClN3O+. The van der Waals surface area contributed by atoms with Crippen molar-refractivity contribution in [1.29, 1.82) is 0 Å². The van der Waals surface area contributed by atoms with E-state index in [1.165, 1.54) is 6.42 Å². The second-order valence-corrected chi connectivity index (χ2v) is 6.15. The Bertz CT molecular complexity index is 481. The molecule has 1 unspecified atom stereocenters. The molecule has 0 aliphatic heterocycles. The summed E-state index contributed by atoms with van der Waals surface area (Å²) in [6.45, 7) is 20.7. The third-order valence-electron chi connectivity index (χ3n) is 3.81. The molecule has 0 aliphatic carbocycles. The molecule has 0 aromatic carbocycles. The van der Waals surface area contributed by atoms with E-state index >= 15 is 0 Å². The number of nitrogens with one attached hydrogen (secondary N) is 1. The fraction of sp³-hybridized carbons (Fsp3) is 0.727. The molecule has 0 saturated heterocycles. The number of aromatic nitrogens is 1. The van der Waals surface area contributed by atoms with Gasteiger partial charge in [0.2, 0.25) is 0 Å². The Morgan fingerprint density at radius 2 is 1.67 bits per heavy atom. The summed E-state index contributed by atoms with van der Waals surface area (Å²) in [5, 5.41) is 3.61. The molecule has 1 N–H and O–H groups in total. The Hall–Kier alpha value is -1.13. The van der Waals surface area contributed by atoms with Crippen LogP contribution in [0.4, 0.5) is 11.4 Å². The molecule has 4 nitrogen and oxygen atoms in total. The van der Waals surface area contributed by atoms with Gasteiger partial charge in [-0.15, -0.1) is 0 Å². The van der Waals surface area contributed by atoms with Gasteiger partial charge in [0, 0.05) is 18.8 Å². The SMILES string of the molecule is CC.CC.CCC.CCCC[N+](CC)(CC=O)c1cc(C)nc(Cl)c1NC. The summed E-state index contributed by atoms with van der Waals surface area (Å²) >= 11 is 6.26. The molecule has 0 amide bonds. The molecule has 1 rings (SSSR count). The van der Waals surface area contributed by atoms with E-state index in [1.807, 2.05) is 47.7 Å². The number of hydrogen-bond acceptors (Lipinski definition) is 3. The van der Waals surface area contributed by atoms with Crippen LogP contribution in [0.1, 0.15) is 80.3 Å². The number of carbonyl (C=O) groups is 1. The summed E-state index contributed by atoms with van der Waals surface area (Å²) in [5.41, 5.74) is 2.77. The molecule has 1 aromatic rings. The first-order valence-electron chi connectivity index (χ1n) is 10.6. The minimum atomic E-state index is 0.463. The van der Waals surface area contributed by atoms with E-state index in [0.717, 1.165) is 49.3 Å². The first-order chi connectivity index (χ1) is 13.0. The smallest absolute Gasteiger partial charge is 0.174 e. The third-order valence-corrected chi connectivity index (χ3v) is 4.09. The quantitative estimate of drug-likeness (QED) is 0.292. The van der Waals surface area contributed by atoms with Gasteiger partial charge in [-0.1, -0.05) is 72.9 Å². The molecule has 0 spiro atoms. The fourth-order valence-corrected chi connectivity index (χ4v) is 2.92. The van der Waals surface area contributed by atoms with Crippen molar-refractivity contribution in [2.75, 3.05) is 32.0 Å². The molecule has 1 aromatic heterocycles. The lowest BCUT2D eigenvalue weighted by atomic mass is 10.1. The molecule has 0 radical (unpaired) electrons. The zero-order valence-electron chi connectivity index (χ0n) is 19.6. The number of aldehydes is 1. The van der Waals surface area contributed by atoms with Gasteiger partial charge in [0.25, 0.3) is 0 Å². The van der Waals surface area contributed by atoms with Crippen molar-refractivity contribution in [3.8, 4) is 0 Å². The van der Waals surface area contributed by atoms with E-state index in [-0.39, 0.29) is 0 Å². The van der Waals surface area contributed by atoms with E-state index < -0.39 is 0 Å². The van der Waals surface area contributed by atoms with Crippen molar-refractivity contribution in [2.24, 2.45) is 0 Å². The molecule has 0 fully saturated rings. The molecule has 27 heavy (non-hydrogen) atoms. The van der Waals surface area contributed by atoms with E-state index in [4.69, 9.17) is 11.6 Å². The lowest BCUT2D eigenvalue weighted by Gasteiger charge is -2.37. The van der Waals surface area contributed by atoms with Crippen LogP contribution >= 0.6 is 11.6 Å². The summed E-state index contributed by atoms with van der Waals surface area (Å²) in [6.07, 6.45) is 4.43. The topological polar surface area (TPSA) is 42.0 Å². The summed E-state index contributed by atoms with van der Waals surface area (Å²) < 4.78 is 0.622. The average Bonchev–Trinajstić information content (AvgIpc) is 2.68. The summed E-state index contributed by atoms with van der Waals surface area (Å²) in [7, 11) is 1.84. The minimum Gasteiger partial charge on any atom is -0.381 e. The lowest BCUT2D eigenvalue weighted by Crippen LogP contribution is -2.51. The molecule has 160 valence electrons. The van der Waals surface area contributed by atoms with E-state index in [9.17, 15) is 4.79 Å². The standard InChI is InChI=1S/C15H25ClN3O.C3H8.2C2H6/c1-5-7-8-19(6-2,9-10-20)13-11-12(3)18-15(16)14(13)17-4;1-3-2;2*1-2/h10-11,17H,5-9H2,1-4H3;3H2,1-2H3;2*1-2H3/q+1;;;. The van der Waals surface area contributed by atoms with Crippen LogP contribution in [-0.4, -0.2) is 38.0 Å². The minimum absolute atomic E-state index is 0.463. The number of hydrogen-bond donors (Lipinski definition) is 1. The van der Waals surface area contributed by atoms with Crippen molar-refractivity contribution in [3.05, 3.63) is 16.9 Å². The van der Waals surface area contributed by atoms with Gasteiger partial charge in [0.15, 0.2) is 17.1 Å². The van der Waals surface area contributed by atoms with Gasteiger partial charge in [-0.2, -0.15) is 0 Å². The number of unbranched alkanes of at least 4 members (excludes halogenated alkanes) is 1. The van der Waals surface area contributed by atoms with Crippen molar-refractivity contribution >= 4 is 29.3 Å². The fourth-order valence-electron chi connectivity index (χ4n) is 2.60. The normalized spacial score (nSPS) is 11.4. The first-order valence-corrected chi connectivity index (χ1v) is 11.0. The largest absolute Gasteiger partial charge is 0.381 e. The van der Waals surface area contributed by atoms with E-state index in [1.54, 1.807) is 0 Å². The summed E-state index contributed by atoms with van der Waals surface area (Å²) in [5.74, 6) is 0. The number of pyridine rings is 1. The van der Waals surface area contributed by atoms with Crippen molar-refractivity contribution < 1.29 is 4.79 Å². The van der Waals surface area contributed by atoms with Gasteiger partial charge in [-0.25, -0.2) is 4.98 Å². The predicted molar refractivity (Wildman–Crippen MR) is 125 cm³/mol. The van der Waals surface area contributed by atoms with Gasteiger partial charge in [0.1, 0.15) is 12.2 Å². The Balaban J connectivity index is -0.000000725. The highest BCUT2D eigenvalue weighted by Crippen LogP contribution is 2.36. The zero-order valence-corrected chi connectivity index (χ0v) is 20.3. The number of aryl methyl sites for hydroxylation is 1. The highest BCUT2D eigenvalue weighted by molar-refractivity contribution is 6.32. The maximum Gasteiger partial charge on any atom is 0.174 e. The molecule has 0 aliphatic rings.